The van der Waals surface area contributed by atoms with Crippen LogP contribution >= 0.6 is 7.60 Å². The van der Waals surface area contributed by atoms with Gasteiger partial charge < -0.3 is 20.3 Å². The first kappa shape index (κ1) is 12.4. The highest BCUT2D eigenvalue weighted by Gasteiger charge is 2.58. The second-order valence-corrected chi connectivity index (χ2v) is 5.34. The lowest BCUT2D eigenvalue weighted by Crippen LogP contribution is -2.54. The Balaban J connectivity index is 3.24. The van der Waals surface area contributed by atoms with Gasteiger partial charge in [0.25, 0.3) is 0 Å². The lowest BCUT2D eigenvalue weighted by atomic mass is 9.89. The van der Waals surface area contributed by atoms with Crippen LogP contribution in [0.2, 0.25) is 0 Å². The van der Waals surface area contributed by atoms with Gasteiger partial charge in [-0.1, -0.05) is 12.2 Å². The molecule has 0 unspecified atom stereocenters. The molecule has 1 aliphatic carbocycles. The zero-order valence-corrected chi connectivity index (χ0v) is 9.18. The molecule has 7 heteroatoms. The summed E-state index contributed by atoms with van der Waals surface area (Å²) < 4.78 is 15.8. The molecule has 0 aliphatic heterocycles. The highest BCUT2D eigenvalue weighted by molar-refractivity contribution is 7.55. The van der Waals surface area contributed by atoms with Crippen molar-refractivity contribution in [2.45, 2.75) is 24.0 Å². The van der Waals surface area contributed by atoms with Gasteiger partial charge in [0.05, 0.1) is 13.2 Å². The van der Waals surface area contributed by atoms with Crippen molar-refractivity contribution in [2.24, 2.45) is 5.73 Å². The first-order valence-corrected chi connectivity index (χ1v) is 6.04. The van der Waals surface area contributed by atoms with E-state index in [1.807, 2.05) is 0 Å². The molecule has 4 N–H and O–H groups in total. The molecule has 0 aromatic rings. The van der Waals surface area contributed by atoms with E-state index in [9.17, 15) is 19.1 Å². The van der Waals surface area contributed by atoms with Crippen LogP contribution in [0.25, 0.3) is 0 Å². The smallest absolute Gasteiger partial charge is 0.344 e. The lowest BCUT2D eigenvalue weighted by molar-refractivity contribution is -0.145. The average Bonchev–Trinajstić information content (AvgIpc) is 2.15. The van der Waals surface area contributed by atoms with Crippen LogP contribution in [0.15, 0.2) is 12.2 Å². The van der Waals surface area contributed by atoms with E-state index in [0.29, 0.717) is 6.42 Å². The summed E-state index contributed by atoms with van der Waals surface area (Å²) in [5.41, 5.74) is 5.60. The number of rotatable bonds is 2. The molecular formula is C8H14NO5P. The van der Waals surface area contributed by atoms with E-state index in [2.05, 4.69) is 4.74 Å². The minimum Gasteiger partial charge on any atom is -0.468 e. The predicted octanol–water partition coefficient (Wildman–Crippen LogP) is -0.247. The first-order valence-electron chi connectivity index (χ1n) is 4.42. The molecule has 1 aliphatic rings. The number of allylic oxidation sites excluding steroid dienone is 1. The Bertz CT molecular complexity index is 336. The Morgan fingerprint density at radius 2 is 2.27 bits per heavy atom. The van der Waals surface area contributed by atoms with Gasteiger partial charge in [-0.05, 0) is 12.8 Å². The van der Waals surface area contributed by atoms with E-state index in [0.717, 1.165) is 7.11 Å². The third kappa shape index (κ3) is 1.86. The molecule has 2 atom stereocenters. The minimum absolute atomic E-state index is 0.00160. The molecule has 0 heterocycles. The Morgan fingerprint density at radius 1 is 1.67 bits per heavy atom. The van der Waals surface area contributed by atoms with Gasteiger partial charge in [-0.3, -0.25) is 9.36 Å². The van der Waals surface area contributed by atoms with Gasteiger partial charge in [-0.15, -0.1) is 0 Å². The van der Waals surface area contributed by atoms with Crippen molar-refractivity contribution in [2.75, 3.05) is 7.11 Å². The molecule has 0 saturated carbocycles. The maximum atomic E-state index is 11.5. The summed E-state index contributed by atoms with van der Waals surface area (Å²) >= 11 is 0. The number of carbonyl (C=O) groups is 1. The predicted molar refractivity (Wildman–Crippen MR) is 53.1 cm³/mol. The van der Waals surface area contributed by atoms with Crippen LogP contribution < -0.4 is 5.73 Å². The van der Waals surface area contributed by atoms with E-state index in [-0.39, 0.29) is 6.42 Å². The summed E-state index contributed by atoms with van der Waals surface area (Å²) in [6, 6.07) is -1.01. The molecule has 0 aromatic heterocycles. The van der Waals surface area contributed by atoms with Crippen molar-refractivity contribution >= 4 is 13.6 Å². The summed E-state index contributed by atoms with van der Waals surface area (Å²) in [5, 5.41) is -1.92. The van der Waals surface area contributed by atoms with Gasteiger partial charge in [-0.25, -0.2) is 0 Å². The van der Waals surface area contributed by atoms with E-state index >= 15 is 0 Å². The van der Waals surface area contributed by atoms with E-state index in [1.165, 1.54) is 6.08 Å². The summed E-state index contributed by atoms with van der Waals surface area (Å²) in [7, 11) is -3.56. The third-order valence-corrected chi connectivity index (χ3v) is 4.39. The lowest BCUT2D eigenvalue weighted by Gasteiger charge is -2.36. The van der Waals surface area contributed by atoms with Crippen molar-refractivity contribution in [3.05, 3.63) is 12.2 Å². The normalized spacial score (nSPS) is 31.3. The van der Waals surface area contributed by atoms with Gasteiger partial charge in [0.15, 0.2) is 5.16 Å². The Hall–Kier alpha value is -0.680. The van der Waals surface area contributed by atoms with Crippen LogP contribution in [0.5, 0.6) is 0 Å². The number of nitrogens with two attached hydrogens (primary N) is 1. The molecular weight excluding hydrogens is 221 g/mol. The summed E-state index contributed by atoms with van der Waals surface area (Å²) in [6.45, 7) is 0. The van der Waals surface area contributed by atoms with Crippen molar-refractivity contribution in [3.8, 4) is 0 Å². The quantitative estimate of drug-likeness (QED) is 0.346. The van der Waals surface area contributed by atoms with Gasteiger partial charge >= 0.3 is 13.6 Å². The van der Waals surface area contributed by atoms with E-state index in [4.69, 9.17) is 5.73 Å². The van der Waals surface area contributed by atoms with E-state index < -0.39 is 24.8 Å². The number of hydrogen-bond donors (Lipinski definition) is 3. The largest absolute Gasteiger partial charge is 0.468 e. The monoisotopic (exact) mass is 235 g/mol. The first-order chi connectivity index (χ1) is 6.86. The molecule has 0 saturated heterocycles. The summed E-state index contributed by atoms with van der Waals surface area (Å²) in [6.07, 6.45) is 3.52. The molecule has 15 heavy (non-hydrogen) atoms. The summed E-state index contributed by atoms with van der Waals surface area (Å²) in [4.78, 5) is 30.0. The standard InChI is InChI=1S/C8H14NO5P/c1-14-7(10)8(15(11,12)13)5-3-2-4-6(8)9/h2,4,6H,3,5,9H2,1H3,(H2,11,12,13)/t6-,8-/m1/s1. The number of esters is 1. The number of methoxy groups -OCH3 is 1. The number of hydrogen-bond acceptors (Lipinski definition) is 4. The molecule has 6 nitrogen and oxygen atoms in total. The molecule has 0 aromatic carbocycles. The van der Waals surface area contributed by atoms with Crippen molar-refractivity contribution < 1.29 is 23.9 Å². The van der Waals surface area contributed by atoms with E-state index in [1.54, 1.807) is 6.08 Å². The topological polar surface area (TPSA) is 110 Å². The van der Waals surface area contributed by atoms with Gasteiger partial charge in [0.1, 0.15) is 0 Å². The fourth-order valence-corrected chi connectivity index (χ4v) is 2.97. The van der Waals surface area contributed by atoms with Gasteiger partial charge in [-0.2, -0.15) is 0 Å². The molecule has 0 fully saturated rings. The molecule has 0 spiro atoms. The third-order valence-electron chi connectivity index (χ3n) is 2.65. The van der Waals surface area contributed by atoms with Crippen LogP contribution in [0.3, 0.4) is 0 Å². The zero-order chi connectivity index (χ0) is 11.7. The SMILES string of the molecule is COC(=O)[C@@]1(P(=O)(O)O)CCC=C[C@H]1N. The van der Waals surface area contributed by atoms with Crippen LogP contribution in [0.4, 0.5) is 0 Å². The summed E-state index contributed by atoms with van der Waals surface area (Å²) in [5.74, 6) is -0.951. The number of ether oxygens (including phenoxy) is 1. The molecule has 0 bridgehead atoms. The molecule has 0 radical (unpaired) electrons. The van der Waals surface area contributed by atoms with Crippen molar-refractivity contribution in [1.29, 1.82) is 0 Å². The van der Waals surface area contributed by atoms with Gasteiger partial charge in [0, 0.05) is 0 Å². The Morgan fingerprint density at radius 3 is 2.67 bits per heavy atom. The van der Waals surface area contributed by atoms with Crippen molar-refractivity contribution in [1.82, 2.24) is 0 Å². The average molecular weight is 235 g/mol. The van der Waals surface area contributed by atoms with Gasteiger partial charge in [0.2, 0.25) is 0 Å². The van der Waals surface area contributed by atoms with Crippen LogP contribution in [0, 0.1) is 0 Å². The fourth-order valence-electron chi connectivity index (χ4n) is 1.75. The maximum Gasteiger partial charge on any atom is 0.344 e. The minimum atomic E-state index is -4.65. The van der Waals surface area contributed by atoms with Crippen LogP contribution in [-0.4, -0.2) is 34.1 Å². The molecule has 1 rings (SSSR count). The highest BCUT2D eigenvalue weighted by atomic mass is 31.2. The van der Waals surface area contributed by atoms with Crippen LogP contribution in [0.1, 0.15) is 12.8 Å². The maximum absolute atomic E-state index is 11.5. The second kappa shape index (κ2) is 4.06. The molecule has 0 amide bonds. The second-order valence-electron chi connectivity index (χ2n) is 3.45. The Labute approximate surface area is 87.3 Å². The van der Waals surface area contributed by atoms with Crippen molar-refractivity contribution in [3.63, 3.8) is 0 Å². The fraction of sp³-hybridized carbons (Fsp3) is 0.625. The molecule has 86 valence electrons. The highest BCUT2D eigenvalue weighted by Crippen LogP contribution is 2.56. The zero-order valence-electron chi connectivity index (χ0n) is 8.29. The van der Waals surface area contributed by atoms with Crippen LogP contribution in [-0.2, 0) is 14.1 Å². The number of carbonyl (C=O) groups excluding carboxylic acids is 1. The Kier molecular flexibility index (Phi) is 3.35.